The van der Waals surface area contributed by atoms with E-state index in [1.54, 1.807) is 30.0 Å². The smallest absolute Gasteiger partial charge is 0.261 e. The van der Waals surface area contributed by atoms with Crippen molar-refractivity contribution in [2.24, 2.45) is 0 Å². The first-order chi connectivity index (χ1) is 13.8. The topological polar surface area (TPSA) is 58.6 Å². The number of hydrogen-bond donors (Lipinski definition) is 1. The third-order valence-corrected chi connectivity index (χ3v) is 5.29. The molecule has 5 nitrogen and oxygen atoms in total. The fraction of sp³-hybridized carbons (Fsp3) is 0.364. The number of halogens is 2. The zero-order chi connectivity index (χ0) is 21.4. The molecule has 0 heterocycles. The maximum atomic E-state index is 13.0. The monoisotopic (exact) mass is 480 g/mol. The minimum atomic E-state index is -0.618. The predicted molar refractivity (Wildman–Crippen MR) is 119 cm³/mol. The van der Waals surface area contributed by atoms with Crippen LogP contribution in [0.4, 0.5) is 0 Å². The largest absolute Gasteiger partial charge is 0.483 e. The number of hydrogen-bond acceptors (Lipinski definition) is 3. The van der Waals surface area contributed by atoms with Crippen LogP contribution in [0, 0.1) is 6.92 Å². The minimum Gasteiger partial charge on any atom is -0.483 e. The molecule has 2 rings (SSSR count). The summed E-state index contributed by atoms with van der Waals surface area (Å²) in [5.74, 6) is 0.0627. The van der Waals surface area contributed by atoms with Gasteiger partial charge in [-0.05, 0) is 60.0 Å². The van der Waals surface area contributed by atoms with Crippen molar-refractivity contribution in [2.45, 2.75) is 39.8 Å². The van der Waals surface area contributed by atoms with Crippen molar-refractivity contribution in [1.29, 1.82) is 0 Å². The maximum Gasteiger partial charge on any atom is 0.261 e. The Balaban J connectivity index is 2.14. The molecule has 0 fully saturated rings. The summed E-state index contributed by atoms with van der Waals surface area (Å²) < 4.78 is 6.34. The van der Waals surface area contributed by atoms with E-state index in [0.29, 0.717) is 28.3 Å². The van der Waals surface area contributed by atoms with Crippen molar-refractivity contribution in [3.05, 3.63) is 63.1 Å². The van der Waals surface area contributed by atoms with Gasteiger partial charge in [-0.3, -0.25) is 9.59 Å². The van der Waals surface area contributed by atoms with Gasteiger partial charge in [0.05, 0.1) is 4.47 Å². The molecule has 0 aliphatic rings. The summed E-state index contributed by atoms with van der Waals surface area (Å²) >= 11 is 9.32. The lowest BCUT2D eigenvalue weighted by atomic mass is 10.1. The zero-order valence-electron chi connectivity index (χ0n) is 16.9. The highest BCUT2D eigenvalue weighted by atomic mass is 79.9. The van der Waals surface area contributed by atoms with Gasteiger partial charge in [0.2, 0.25) is 5.91 Å². The van der Waals surface area contributed by atoms with Gasteiger partial charge in [-0.1, -0.05) is 48.4 Å². The fourth-order valence-electron chi connectivity index (χ4n) is 2.68. The molecule has 0 aliphatic heterocycles. The Morgan fingerprint density at radius 2 is 1.90 bits per heavy atom. The number of ether oxygens (including phenoxy) is 1. The van der Waals surface area contributed by atoms with E-state index in [2.05, 4.69) is 21.2 Å². The molecule has 2 aromatic rings. The Labute approximate surface area is 185 Å². The van der Waals surface area contributed by atoms with Gasteiger partial charge in [0, 0.05) is 18.1 Å². The van der Waals surface area contributed by atoms with Crippen molar-refractivity contribution in [2.75, 3.05) is 13.2 Å². The van der Waals surface area contributed by atoms with E-state index >= 15 is 0 Å². The number of benzene rings is 2. The molecule has 7 heteroatoms. The SMILES string of the molecule is CCCNC(=O)C(C)N(Cc1ccc(C)cc1)C(=O)COc1ccc(Cl)cc1Br. The van der Waals surface area contributed by atoms with E-state index in [1.807, 2.05) is 38.1 Å². The number of carbonyl (C=O) groups excluding carboxylic acids is 2. The van der Waals surface area contributed by atoms with Gasteiger partial charge in [-0.25, -0.2) is 0 Å². The second kappa shape index (κ2) is 11.2. The average molecular weight is 482 g/mol. The van der Waals surface area contributed by atoms with E-state index in [9.17, 15) is 9.59 Å². The summed E-state index contributed by atoms with van der Waals surface area (Å²) in [4.78, 5) is 27.0. The minimum absolute atomic E-state index is 0.181. The van der Waals surface area contributed by atoms with Crippen LogP contribution >= 0.6 is 27.5 Å². The molecule has 2 amide bonds. The Bertz CT molecular complexity index is 842. The Kier molecular flexibility index (Phi) is 8.99. The van der Waals surface area contributed by atoms with Gasteiger partial charge < -0.3 is 15.0 Å². The Hall–Kier alpha value is -2.05. The van der Waals surface area contributed by atoms with E-state index < -0.39 is 6.04 Å². The summed E-state index contributed by atoms with van der Waals surface area (Å²) in [5, 5.41) is 3.42. The van der Waals surface area contributed by atoms with Crippen LogP contribution in [0.15, 0.2) is 46.9 Å². The molecule has 1 N–H and O–H groups in total. The molecule has 1 atom stereocenters. The molecule has 156 valence electrons. The first kappa shape index (κ1) is 23.2. The van der Waals surface area contributed by atoms with Crippen LogP contribution in [0.1, 0.15) is 31.4 Å². The van der Waals surface area contributed by atoms with Crippen molar-refractivity contribution in [1.82, 2.24) is 10.2 Å². The first-order valence-corrected chi connectivity index (χ1v) is 10.7. The highest BCUT2D eigenvalue weighted by molar-refractivity contribution is 9.10. The molecule has 0 aliphatic carbocycles. The number of nitrogens with one attached hydrogen (secondary N) is 1. The normalized spacial score (nSPS) is 11.6. The molecule has 0 aromatic heterocycles. The zero-order valence-corrected chi connectivity index (χ0v) is 19.2. The van der Waals surface area contributed by atoms with E-state index in [4.69, 9.17) is 16.3 Å². The average Bonchev–Trinajstić information content (AvgIpc) is 2.70. The second-order valence-electron chi connectivity index (χ2n) is 6.84. The first-order valence-electron chi connectivity index (χ1n) is 9.52. The molecule has 0 saturated carbocycles. The van der Waals surface area contributed by atoms with E-state index in [-0.39, 0.29) is 18.4 Å². The predicted octanol–water partition coefficient (Wildman–Crippen LogP) is 4.73. The lowest BCUT2D eigenvalue weighted by Gasteiger charge is -2.29. The van der Waals surface area contributed by atoms with Crippen molar-refractivity contribution in [3.8, 4) is 5.75 Å². The standard InChI is InChI=1S/C22H26BrClN2O3/c1-4-11-25-22(28)16(3)26(13-17-7-5-15(2)6-8-17)21(27)14-29-20-10-9-18(24)12-19(20)23/h5-10,12,16H,4,11,13-14H2,1-3H3,(H,25,28). The molecular formula is C22H26BrClN2O3. The van der Waals surface area contributed by atoms with Crippen molar-refractivity contribution < 1.29 is 14.3 Å². The highest BCUT2D eigenvalue weighted by Gasteiger charge is 2.26. The lowest BCUT2D eigenvalue weighted by molar-refractivity contribution is -0.142. The van der Waals surface area contributed by atoms with E-state index in [0.717, 1.165) is 17.5 Å². The lowest BCUT2D eigenvalue weighted by Crippen LogP contribution is -2.49. The third kappa shape index (κ3) is 7.05. The van der Waals surface area contributed by atoms with Crippen LogP contribution in [0.2, 0.25) is 5.02 Å². The molecule has 29 heavy (non-hydrogen) atoms. The molecule has 2 aromatic carbocycles. The molecule has 0 radical (unpaired) electrons. The molecular weight excluding hydrogens is 456 g/mol. The maximum absolute atomic E-state index is 13.0. The van der Waals surface area contributed by atoms with Crippen molar-refractivity contribution in [3.63, 3.8) is 0 Å². The number of nitrogens with zero attached hydrogens (tertiary/aromatic N) is 1. The molecule has 0 saturated heterocycles. The number of rotatable bonds is 9. The van der Waals surface area contributed by atoms with Crippen LogP contribution in [0.5, 0.6) is 5.75 Å². The molecule has 1 unspecified atom stereocenters. The fourth-order valence-corrected chi connectivity index (χ4v) is 3.48. The highest BCUT2D eigenvalue weighted by Crippen LogP contribution is 2.28. The van der Waals surface area contributed by atoms with Crippen LogP contribution in [0.25, 0.3) is 0 Å². The van der Waals surface area contributed by atoms with Crippen LogP contribution in [0.3, 0.4) is 0 Å². The van der Waals surface area contributed by atoms with Crippen molar-refractivity contribution >= 4 is 39.3 Å². The summed E-state index contributed by atoms with van der Waals surface area (Å²) in [6.07, 6.45) is 0.831. The Morgan fingerprint density at radius 1 is 1.21 bits per heavy atom. The van der Waals surface area contributed by atoms with Gasteiger partial charge in [0.15, 0.2) is 6.61 Å². The quantitative estimate of drug-likeness (QED) is 0.563. The molecule has 0 bridgehead atoms. The number of carbonyl (C=O) groups is 2. The summed E-state index contributed by atoms with van der Waals surface area (Å²) in [5.41, 5.74) is 2.09. The van der Waals surface area contributed by atoms with Gasteiger partial charge in [-0.15, -0.1) is 0 Å². The van der Waals surface area contributed by atoms with Crippen LogP contribution in [-0.2, 0) is 16.1 Å². The van der Waals surface area contributed by atoms with Crippen LogP contribution in [-0.4, -0.2) is 35.9 Å². The van der Waals surface area contributed by atoms with Gasteiger partial charge in [0.1, 0.15) is 11.8 Å². The Morgan fingerprint density at radius 3 is 2.52 bits per heavy atom. The second-order valence-corrected chi connectivity index (χ2v) is 8.13. The number of aryl methyl sites for hydroxylation is 1. The molecule has 0 spiro atoms. The van der Waals surface area contributed by atoms with Crippen LogP contribution < -0.4 is 10.1 Å². The summed E-state index contributed by atoms with van der Waals surface area (Å²) in [6, 6.07) is 12.4. The number of amides is 2. The van der Waals surface area contributed by atoms with E-state index in [1.165, 1.54) is 0 Å². The summed E-state index contributed by atoms with van der Waals surface area (Å²) in [6.45, 7) is 6.44. The van der Waals surface area contributed by atoms with Gasteiger partial charge >= 0.3 is 0 Å². The van der Waals surface area contributed by atoms with Gasteiger partial charge in [0.25, 0.3) is 5.91 Å². The third-order valence-electron chi connectivity index (χ3n) is 4.44. The van der Waals surface area contributed by atoms with Gasteiger partial charge in [-0.2, -0.15) is 0 Å². The summed E-state index contributed by atoms with van der Waals surface area (Å²) in [7, 11) is 0.